The van der Waals surface area contributed by atoms with Crippen LogP contribution in [0.5, 0.6) is 11.5 Å². The van der Waals surface area contributed by atoms with Gasteiger partial charge in [-0.1, -0.05) is 6.07 Å². The first-order valence-corrected chi connectivity index (χ1v) is 9.21. The van der Waals surface area contributed by atoms with Crippen LogP contribution in [-0.4, -0.2) is 36.2 Å². The monoisotopic (exact) mass is 422 g/mol. The number of nitrogens with zero attached hydrogens (tertiary/aromatic N) is 2. The highest BCUT2D eigenvalue weighted by Gasteiger charge is 2.46. The van der Waals surface area contributed by atoms with Crippen LogP contribution in [0.4, 0.5) is 18.9 Å². The quantitative estimate of drug-likeness (QED) is 0.705. The van der Waals surface area contributed by atoms with Crippen molar-refractivity contribution >= 4 is 28.9 Å². The molecular weight excluding hydrogens is 405 g/mol. The molecule has 0 N–H and O–H groups in total. The van der Waals surface area contributed by atoms with E-state index < -0.39 is 17.8 Å². The minimum absolute atomic E-state index is 0.114. The number of alkyl halides is 3. The molecule has 1 saturated heterocycles. The average Bonchev–Trinajstić information content (AvgIpc) is 2.94. The van der Waals surface area contributed by atoms with Gasteiger partial charge in [0.25, 0.3) is 5.91 Å². The normalized spacial score (nSPS) is 18.6. The lowest BCUT2D eigenvalue weighted by Gasteiger charge is -2.31. The van der Waals surface area contributed by atoms with Crippen molar-refractivity contribution in [3.05, 3.63) is 53.1 Å². The van der Waals surface area contributed by atoms with E-state index in [9.17, 15) is 18.0 Å². The summed E-state index contributed by atoms with van der Waals surface area (Å²) in [5, 5.41) is 0.194. The van der Waals surface area contributed by atoms with Gasteiger partial charge < -0.3 is 14.4 Å². The van der Waals surface area contributed by atoms with Crippen molar-refractivity contribution in [2.24, 2.45) is 0 Å². The Bertz CT molecular complexity index is 958. The lowest BCUT2D eigenvalue weighted by molar-refractivity contribution is -0.137. The maximum atomic E-state index is 13.1. The van der Waals surface area contributed by atoms with Gasteiger partial charge in [0.2, 0.25) is 0 Å². The van der Waals surface area contributed by atoms with E-state index in [1.807, 2.05) is 12.1 Å². The zero-order valence-electron chi connectivity index (χ0n) is 15.6. The predicted molar refractivity (Wildman–Crippen MR) is 104 cm³/mol. The smallest absolute Gasteiger partial charge is 0.416 e. The van der Waals surface area contributed by atoms with Crippen molar-refractivity contribution in [3.63, 3.8) is 0 Å². The maximum Gasteiger partial charge on any atom is 0.416 e. The van der Waals surface area contributed by atoms with Crippen molar-refractivity contribution in [1.29, 1.82) is 0 Å². The molecule has 2 aromatic rings. The molecule has 0 aliphatic carbocycles. The van der Waals surface area contributed by atoms with E-state index in [4.69, 9.17) is 21.7 Å². The molecule has 0 bridgehead atoms. The second-order valence-electron chi connectivity index (χ2n) is 6.83. The first-order chi connectivity index (χ1) is 13.7. The predicted octanol–water partition coefficient (Wildman–Crippen LogP) is 3.78. The van der Waals surface area contributed by atoms with E-state index in [1.54, 1.807) is 4.90 Å². The molecule has 0 unspecified atom stereocenters. The third-order valence-corrected chi connectivity index (χ3v) is 5.63. The molecule has 0 spiro atoms. The zero-order chi connectivity index (χ0) is 20.9. The molecule has 1 fully saturated rings. The molecule has 2 heterocycles. The first-order valence-electron chi connectivity index (χ1n) is 8.80. The van der Waals surface area contributed by atoms with Gasteiger partial charge in [0.15, 0.2) is 16.6 Å². The molecule has 0 radical (unpaired) electrons. The summed E-state index contributed by atoms with van der Waals surface area (Å²) in [4.78, 5) is 16.0. The van der Waals surface area contributed by atoms with Crippen LogP contribution in [0.3, 0.4) is 0 Å². The average molecular weight is 422 g/mol. The van der Waals surface area contributed by atoms with Gasteiger partial charge >= 0.3 is 6.18 Å². The van der Waals surface area contributed by atoms with Crippen LogP contribution in [0.1, 0.15) is 16.7 Å². The fourth-order valence-corrected chi connectivity index (χ4v) is 4.15. The topological polar surface area (TPSA) is 42.0 Å². The zero-order valence-corrected chi connectivity index (χ0v) is 16.4. The van der Waals surface area contributed by atoms with Crippen LogP contribution < -0.4 is 14.4 Å². The van der Waals surface area contributed by atoms with Crippen molar-refractivity contribution in [2.45, 2.75) is 25.2 Å². The third kappa shape index (κ3) is 3.19. The second kappa shape index (κ2) is 6.91. The van der Waals surface area contributed by atoms with Crippen LogP contribution in [-0.2, 0) is 23.9 Å². The summed E-state index contributed by atoms with van der Waals surface area (Å²) in [6.07, 6.45) is -4.12. The van der Waals surface area contributed by atoms with Crippen molar-refractivity contribution in [1.82, 2.24) is 4.90 Å². The summed E-state index contributed by atoms with van der Waals surface area (Å²) in [5.41, 5.74) is 1.14. The molecule has 0 saturated carbocycles. The summed E-state index contributed by atoms with van der Waals surface area (Å²) in [5.74, 6) is 0.785. The van der Waals surface area contributed by atoms with E-state index in [1.165, 1.54) is 31.3 Å². The molecule has 2 aromatic carbocycles. The Balaban J connectivity index is 1.69. The summed E-state index contributed by atoms with van der Waals surface area (Å²) in [6, 6.07) is 7.74. The second-order valence-corrected chi connectivity index (χ2v) is 7.19. The van der Waals surface area contributed by atoms with Crippen LogP contribution in [0, 0.1) is 0 Å². The molecule has 2 aliphatic heterocycles. The van der Waals surface area contributed by atoms with E-state index in [2.05, 4.69) is 0 Å². The van der Waals surface area contributed by atoms with Gasteiger partial charge in [0, 0.05) is 13.0 Å². The number of thiocarbonyl (C=S) groups is 1. The van der Waals surface area contributed by atoms with Gasteiger partial charge in [-0.2, -0.15) is 13.2 Å². The number of rotatable bonds is 3. The number of ether oxygens (including phenoxy) is 2. The van der Waals surface area contributed by atoms with Gasteiger partial charge in [-0.15, -0.1) is 0 Å². The number of anilines is 1. The molecule has 9 heteroatoms. The Hall–Kier alpha value is -2.81. The first kappa shape index (κ1) is 19.5. The van der Waals surface area contributed by atoms with Gasteiger partial charge in [0.1, 0.15) is 6.04 Å². The number of methoxy groups -OCH3 is 2. The van der Waals surface area contributed by atoms with Gasteiger partial charge in [-0.05, 0) is 53.7 Å². The fourth-order valence-electron chi connectivity index (χ4n) is 3.76. The summed E-state index contributed by atoms with van der Waals surface area (Å²) in [6.45, 7) is 0.361. The Labute approximate surface area is 170 Å². The van der Waals surface area contributed by atoms with Gasteiger partial charge in [-0.3, -0.25) is 9.69 Å². The summed E-state index contributed by atoms with van der Waals surface area (Å²) in [7, 11) is 3.07. The molecule has 5 nitrogen and oxygen atoms in total. The molecule has 2 aliphatic rings. The van der Waals surface area contributed by atoms with Gasteiger partial charge in [0.05, 0.1) is 25.5 Å². The molecule has 152 valence electrons. The van der Waals surface area contributed by atoms with Crippen LogP contribution >= 0.6 is 12.2 Å². The molecular formula is C20H17F3N2O3S. The van der Waals surface area contributed by atoms with E-state index >= 15 is 0 Å². The number of carbonyl (C=O) groups excluding carboxylic acids is 1. The van der Waals surface area contributed by atoms with Crippen molar-refractivity contribution < 1.29 is 27.4 Å². The largest absolute Gasteiger partial charge is 0.493 e. The number of benzene rings is 2. The van der Waals surface area contributed by atoms with Crippen molar-refractivity contribution in [3.8, 4) is 11.5 Å². The number of carbonyl (C=O) groups is 1. The summed E-state index contributed by atoms with van der Waals surface area (Å²) < 4.78 is 50.0. The van der Waals surface area contributed by atoms with Crippen LogP contribution in [0.25, 0.3) is 0 Å². The standard InChI is InChI=1S/C20H17F3N2O3S/c1-27-16-7-11-6-15-18(26)25(14-5-3-4-13(9-14)20(21,22)23)19(29)24(15)10-12(11)8-17(16)28-2/h3-5,7-9,15H,6,10H2,1-2H3/t15-/m1/s1. The highest BCUT2D eigenvalue weighted by molar-refractivity contribution is 7.80. The molecule has 29 heavy (non-hydrogen) atoms. The molecule has 1 amide bonds. The van der Waals surface area contributed by atoms with E-state index in [0.717, 1.165) is 23.3 Å². The minimum Gasteiger partial charge on any atom is -0.493 e. The number of hydrogen-bond donors (Lipinski definition) is 0. The Morgan fingerprint density at radius 3 is 2.34 bits per heavy atom. The minimum atomic E-state index is -4.50. The molecule has 0 aromatic heterocycles. The maximum absolute atomic E-state index is 13.1. The van der Waals surface area contributed by atoms with E-state index in [0.29, 0.717) is 24.5 Å². The van der Waals surface area contributed by atoms with E-state index in [-0.39, 0.29) is 16.7 Å². The lowest BCUT2D eigenvalue weighted by Crippen LogP contribution is -2.40. The third-order valence-electron chi connectivity index (χ3n) is 5.21. The SMILES string of the molecule is COc1cc2c(cc1OC)CN1C(=S)N(c3cccc(C(F)(F)F)c3)C(=O)[C@H]1C2. The Morgan fingerprint density at radius 1 is 1.07 bits per heavy atom. The Kier molecular flexibility index (Phi) is 4.65. The highest BCUT2D eigenvalue weighted by atomic mass is 32.1. The summed E-state index contributed by atoms with van der Waals surface area (Å²) >= 11 is 5.47. The highest BCUT2D eigenvalue weighted by Crippen LogP contribution is 2.39. The Morgan fingerprint density at radius 2 is 1.72 bits per heavy atom. The number of fused-ring (bicyclic) bond motifs is 2. The van der Waals surface area contributed by atoms with Gasteiger partial charge in [-0.25, -0.2) is 0 Å². The number of amides is 1. The number of halogens is 3. The fraction of sp³-hybridized carbons (Fsp3) is 0.300. The molecule has 1 atom stereocenters. The molecule has 4 rings (SSSR count). The lowest BCUT2D eigenvalue weighted by atomic mass is 9.94. The number of hydrogen-bond acceptors (Lipinski definition) is 4. The van der Waals surface area contributed by atoms with Crippen LogP contribution in [0.2, 0.25) is 0 Å². The van der Waals surface area contributed by atoms with Crippen molar-refractivity contribution in [2.75, 3.05) is 19.1 Å². The van der Waals surface area contributed by atoms with Crippen LogP contribution in [0.15, 0.2) is 36.4 Å².